The number of nitrogens with two attached hydrogens (primary N) is 2. The van der Waals surface area contributed by atoms with Crippen LogP contribution in [0.1, 0.15) is 16.7 Å². The second kappa shape index (κ2) is 7.84. The average Bonchev–Trinajstić information content (AvgIpc) is 2.53. The second-order valence-corrected chi connectivity index (χ2v) is 4.93. The number of rotatable bonds is 6. The Morgan fingerprint density at radius 1 is 1.17 bits per heavy atom. The fraction of sp³-hybridized carbons (Fsp3) is 0.176. The van der Waals surface area contributed by atoms with E-state index in [0.717, 1.165) is 11.1 Å². The highest BCUT2D eigenvalue weighted by atomic mass is 16.5. The number of aryl methyl sites for hydroxylation is 1. The fourth-order valence-electron chi connectivity index (χ4n) is 2.06. The normalized spacial score (nSPS) is 10.5. The molecule has 120 valence electrons. The maximum atomic E-state index is 5.93. The number of benzene rings is 2. The number of ether oxygens (including phenoxy) is 2. The largest absolute Gasteiger partial charge is 0.493 e. The van der Waals surface area contributed by atoms with Crippen molar-refractivity contribution in [2.45, 2.75) is 13.5 Å². The zero-order valence-corrected chi connectivity index (χ0v) is 13.2. The molecule has 0 spiro atoms. The van der Waals surface area contributed by atoms with Crippen molar-refractivity contribution in [3.05, 3.63) is 59.2 Å². The summed E-state index contributed by atoms with van der Waals surface area (Å²) in [6.45, 7) is 2.46. The molecular formula is C17H20N4O2. The van der Waals surface area contributed by atoms with Crippen LogP contribution in [-0.4, -0.2) is 19.3 Å². The summed E-state index contributed by atoms with van der Waals surface area (Å²) in [5.41, 5.74) is 13.5. The molecule has 0 bridgehead atoms. The van der Waals surface area contributed by atoms with Crippen LogP contribution in [0.3, 0.4) is 0 Å². The maximum absolute atomic E-state index is 5.93. The molecule has 0 heterocycles. The summed E-state index contributed by atoms with van der Waals surface area (Å²) in [5, 5.41) is 7.42. The number of nitrogens with zero attached hydrogens (tertiary/aromatic N) is 2. The molecule has 0 fully saturated rings. The van der Waals surface area contributed by atoms with E-state index in [1.165, 1.54) is 11.8 Å². The molecule has 2 rings (SSSR count). The van der Waals surface area contributed by atoms with Gasteiger partial charge in [0.15, 0.2) is 11.5 Å². The Balaban J connectivity index is 2.24. The smallest absolute Gasteiger partial charge is 0.211 e. The summed E-state index contributed by atoms with van der Waals surface area (Å²) in [4.78, 5) is 0. The van der Waals surface area contributed by atoms with Gasteiger partial charge in [0.1, 0.15) is 6.61 Å². The molecule has 2 aromatic carbocycles. The van der Waals surface area contributed by atoms with Crippen molar-refractivity contribution >= 4 is 12.2 Å². The van der Waals surface area contributed by atoms with E-state index in [9.17, 15) is 0 Å². The zero-order valence-electron chi connectivity index (χ0n) is 13.2. The number of methoxy groups -OCH3 is 1. The van der Waals surface area contributed by atoms with Crippen LogP contribution < -0.4 is 20.9 Å². The number of guanidine groups is 1. The third kappa shape index (κ3) is 4.74. The minimum Gasteiger partial charge on any atom is -0.493 e. The number of para-hydroxylation sites is 1. The van der Waals surface area contributed by atoms with Gasteiger partial charge in [-0.25, -0.2) is 0 Å². The Morgan fingerprint density at radius 3 is 2.65 bits per heavy atom. The molecule has 23 heavy (non-hydrogen) atoms. The Morgan fingerprint density at radius 2 is 1.96 bits per heavy atom. The van der Waals surface area contributed by atoms with Crippen molar-refractivity contribution in [2.24, 2.45) is 21.7 Å². The lowest BCUT2D eigenvalue weighted by molar-refractivity contribution is 0.284. The topological polar surface area (TPSA) is 95.2 Å². The standard InChI is InChI=1S/C17H20N4O2/c1-12-5-3-6-13(9-12)11-23-16-14(10-20-21-17(18)19)7-4-8-15(16)22-2/h3-10H,11H2,1-2H3,(H4,18,19,21)/b20-10+. The molecule has 6 heteroatoms. The van der Waals surface area contributed by atoms with Gasteiger partial charge in [-0.1, -0.05) is 35.9 Å². The van der Waals surface area contributed by atoms with Crippen LogP contribution >= 0.6 is 0 Å². The summed E-state index contributed by atoms with van der Waals surface area (Å²) < 4.78 is 11.3. The van der Waals surface area contributed by atoms with Gasteiger partial charge in [0, 0.05) is 5.56 Å². The van der Waals surface area contributed by atoms with Crippen molar-refractivity contribution < 1.29 is 9.47 Å². The summed E-state index contributed by atoms with van der Waals surface area (Å²) in [6.07, 6.45) is 1.52. The van der Waals surface area contributed by atoms with Crippen LogP contribution in [0.15, 0.2) is 52.7 Å². The van der Waals surface area contributed by atoms with Gasteiger partial charge in [-0.05, 0) is 24.6 Å². The van der Waals surface area contributed by atoms with Crippen molar-refractivity contribution in [3.8, 4) is 11.5 Å². The average molecular weight is 312 g/mol. The number of hydrogen-bond acceptors (Lipinski definition) is 4. The first-order chi connectivity index (χ1) is 11.1. The molecular weight excluding hydrogens is 292 g/mol. The highest BCUT2D eigenvalue weighted by Crippen LogP contribution is 2.30. The first-order valence-electron chi connectivity index (χ1n) is 7.07. The van der Waals surface area contributed by atoms with Gasteiger partial charge < -0.3 is 20.9 Å². The van der Waals surface area contributed by atoms with E-state index in [0.29, 0.717) is 18.1 Å². The Hall–Kier alpha value is -3.02. The van der Waals surface area contributed by atoms with E-state index in [-0.39, 0.29) is 5.96 Å². The molecule has 4 N–H and O–H groups in total. The highest BCUT2D eigenvalue weighted by Gasteiger charge is 2.09. The van der Waals surface area contributed by atoms with Crippen LogP contribution in [0, 0.1) is 6.92 Å². The van der Waals surface area contributed by atoms with Crippen molar-refractivity contribution in [1.82, 2.24) is 0 Å². The lowest BCUT2D eigenvalue weighted by Gasteiger charge is -2.13. The van der Waals surface area contributed by atoms with Crippen molar-refractivity contribution in [1.29, 1.82) is 0 Å². The van der Waals surface area contributed by atoms with Gasteiger partial charge in [-0.15, -0.1) is 5.10 Å². The van der Waals surface area contributed by atoms with Gasteiger partial charge in [-0.2, -0.15) is 5.10 Å². The zero-order chi connectivity index (χ0) is 16.7. The van der Waals surface area contributed by atoms with Gasteiger partial charge >= 0.3 is 0 Å². The summed E-state index contributed by atoms with van der Waals surface area (Å²) in [5.74, 6) is 1.10. The van der Waals surface area contributed by atoms with Gasteiger partial charge in [0.2, 0.25) is 5.96 Å². The molecule has 0 saturated carbocycles. The van der Waals surface area contributed by atoms with Gasteiger partial charge in [-0.3, -0.25) is 0 Å². The molecule has 0 aliphatic heterocycles. The van der Waals surface area contributed by atoms with E-state index in [1.54, 1.807) is 7.11 Å². The van der Waals surface area contributed by atoms with Crippen LogP contribution in [0.5, 0.6) is 11.5 Å². The molecule has 6 nitrogen and oxygen atoms in total. The second-order valence-electron chi connectivity index (χ2n) is 4.93. The van der Waals surface area contributed by atoms with E-state index >= 15 is 0 Å². The molecule has 0 saturated heterocycles. The van der Waals surface area contributed by atoms with Crippen LogP contribution in [0.25, 0.3) is 0 Å². The summed E-state index contributed by atoms with van der Waals surface area (Å²) in [7, 11) is 1.59. The Bertz CT molecular complexity index is 722. The third-order valence-electron chi connectivity index (χ3n) is 3.06. The molecule has 0 atom stereocenters. The molecule has 0 amide bonds. The van der Waals surface area contributed by atoms with Crippen LogP contribution in [0.2, 0.25) is 0 Å². The van der Waals surface area contributed by atoms with Crippen LogP contribution in [-0.2, 0) is 6.61 Å². The quantitative estimate of drug-likeness (QED) is 0.485. The summed E-state index contributed by atoms with van der Waals surface area (Å²) >= 11 is 0. The molecule has 0 aliphatic rings. The van der Waals surface area contributed by atoms with E-state index < -0.39 is 0 Å². The minimum absolute atomic E-state index is 0.105. The SMILES string of the molecule is COc1cccc(/C=N/N=C(N)N)c1OCc1cccc(C)c1. The first kappa shape index (κ1) is 16.4. The van der Waals surface area contributed by atoms with Gasteiger partial charge in [0.05, 0.1) is 13.3 Å². The highest BCUT2D eigenvalue weighted by molar-refractivity contribution is 5.86. The van der Waals surface area contributed by atoms with Gasteiger partial charge in [0.25, 0.3) is 0 Å². The molecule has 0 unspecified atom stereocenters. The molecule has 0 aliphatic carbocycles. The maximum Gasteiger partial charge on any atom is 0.211 e. The molecule has 0 aromatic heterocycles. The molecule has 2 aromatic rings. The third-order valence-corrected chi connectivity index (χ3v) is 3.06. The van der Waals surface area contributed by atoms with Crippen LogP contribution in [0.4, 0.5) is 0 Å². The first-order valence-corrected chi connectivity index (χ1v) is 7.07. The number of hydrogen-bond donors (Lipinski definition) is 2. The lowest BCUT2D eigenvalue weighted by Crippen LogP contribution is -2.21. The van der Waals surface area contributed by atoms with E-state index in [4.69, 9.17) is 20.9 Å². The van der Waals surface area contributed by atoms with E-state index in [1.807, 2.05) is 43.3 Å². The minimum atomic E-state index is -0.105. The van der Waals surface area contributed by atoms with Crippen molar-refractivity contribution in [2.75, 3.05) is 7.11 Å². The Kier molecular flexibility index (Phi) is 5.57. The fourth-order valence-corrected chi connectivity index (χ4v) is 2.06. The lowest BCUT2D eigenvalue weighted by atomic mass is 10.1. The summed E-state index contributed by atoms with van der Waals surface area (Å²) in [6, 6.07) is 13.6. The Labute approximate surface area is 135 Å². The molecule has 0 radical (unpaired) electrons. The van der Waals surface area contributed by atoms with E-state index in [2.05, 4.69) is 16.3 Å². The monoisotopic (exact) mass is 312 g/mol. The van der Waals surface area contributed by atoms with Crippen molar-refractivity contribution in [3.63, 3.8) is 0 Å². The predicted molar refractivity (Wildman–Crippen MR) is 91.9 cm³/mol. The predicted octanol–water partition coefficient (Wildman–Crippen LogP) is 2.19.